The molecule has 154 valence electrons. The lowest BCUT2D eigenvalue weighted by Crippen LogP contribution is -2.50. The predicted molar refractivity (Wildman–Crippen MR) is 112 cm³/mol. The molecular weight excluding hydrogens is 390 g/mol. The number of amides is 1. The Bertz CT molecular complexity index is 902. The molecule has 1 aliphatic heterocycles. The van der Waals surface area contributed by atoms with E-state index in [-0.39, 0.29) is 6.09 Å². The molecule has 7 nitrogen and oxygen atoms in total. The summed E-state index contributed by atoms with van der Waals surface area (Å²) in [7, 11) is 0. The summed E-state index contributed by atoms with van der Waals surface area (Å²) in [6, 6.07) is 1.89. The van der Waals surface area contributed by atoms with Crippen LogP contribution in [0, 0.1) is 0 Å². The third kappa shape index (κ3) is 4.61. The molecule has 8 heteroatoms. The number of rotatable bonds is 3. The van der Waals surface area contributed by atoms with Crippen LogP contribution in [-0.4, -0.2) is 57.7 Å². The lowest BCUT2D eigenvalue weighted by molar-refractivity contribution is 0.0240. The molecule has 0 spiro atoms. The monoisotopic (exact) mass is 415 g/mol. The van der Waals surface area contributed by atoms with Gasteiger partial charge in [-0.1, -0.05) is 11.6 Å². The number of hydrogen-bond donors (Lipinski definition) is 0. The first-order valence-electron chi connectivity index (χ1n) is 10.0. The van der Waals surface area contributed by atoms with Crippen LogP contribution in [0.3, 0.4) is 0 Å². The molecule has 0 radical (unpaired) electrons. The summed E-state index contributed by atoms with van der Waals surface area (Å²) >= 11 is 6.40. The van der Waals surface area contributed by atoms with Crippen LogP contribution < -0.4 is 4.90 Å². The molecule has 0 bridgehead atoms. The minimum absolute atomic E-state index is 0.267. The quantitative estimate of drug-likeness (QED) is 0.750. The van der Waals surface area contributed by atoms with E-state index < -0.39 is 5.60 Å². The summed E-state index contributed by atoms with van der Waals surface area (Å²) in [4.78, 5) is 30.0. The summed E-state index contributed by atoms with van der Waals surface area (Å²) in [5.74, 6) is 1.26. The van der Waals surface area contributed by atoms with Crippen LogP contribution in [0.4, 0.5) is 10.6 Å². The number of aromatic nitrogens is 3. The topological polar surface area (TPSA) is 71.5 Å². The maximum absolute atomic E-state index is 12.3. The van der Waals surface area contributed by atoms with Gasteiger partial charge in [-0.15, -0.1) is 0 Å². The Morgan fingerprint density at radius 2 is 1.90 bits per heavy atom. The standard InChI is InChI=1S/C21H26ClN5O2/c1-21(2,3)29-20(28)27-10-8-26(9-11-27)17-13-24-18(14-4-5-14)19(25-17)15-6-7-23-12-16(15)22/h6-7,12-14H,4-5,8-11H2,1-3H3. The van der Waals surface area contributed by atoms with Gasteiger partial charge in [-0.25, -0.2) is 9.78 Å². The van der Waals surface area contributed by atoms with Crippen molar-refractivity contribution in [1.82, 2.24) is 19.9 Å². The van der Waals surface area contributed by atoms with Crippen molar-refractivity contribution in [2.24, 2.45) is 0 Å². The number of carbonyl (C=O) groups excluding carboxylic acids is 1. The van der Waals surface area contributed by atoms with Gasteiger partial charge in [0.05, 0.1) is 22.6 Å². The molecule has 2 aromatic rings. The average Bonchev–Trinajstić information content (AvgIpc) is 3.52. The molecule has 0 aromatic carbocycles. The minimum Gasteiger partial charge on any atom is -0.444 e. The number of piperazine rings is 1. The molecule has 0 atom stereocenters. The fraction of sp³-hybridized carbons (Fsp3) is 0.524. The Labute approximate surface area is 176 Å². The highest BCUT2D eigenvalue weighted by Crippen LogP contribution is 2.44. The van der Waals surface area contributed by atoms with Gasteiger partial charge in [-0.05, 0) is 39.7 Å². The van der Waals surface area contributed by atoms with E-state index >= 15 is 0 Å². The van der Waals surface area contributed by atoms with Gasteiger partial charge in [0.25, 0.3) is 0 Å². The largest absolute Gasteiger partial charge is 0.444 e. The van der Waals surface area contributed by atoms with Gasteiger partial charge in [0.1, 0.15) is 11.4 Å². The van der Waals surface area contributed by atoms with Crippen molar-refractivity contribution < 1.29 is 9.53 Å². The normalized spacial score (nSPS) is 17.4. The molecule has 2 aromatic heterocycles. The molecular formula is C21H26ClN5O2. The highest BCUT2D eigenvalue weighted by Gasteiger charge is 2.31. The summed E-state index contributed by atoms with van der Waals surface area (Å²) in [5, 5.41) is 0.579. The van der Waals surface area contributed by atoms with E-state index in [9.17, 15) is 4.79 Å². The molecule has 1 aliphatic carbocycles. The van der Waals surface area contributed by atoms with Crippen LogP contribution >= 0.6 is 11.6 Å². The number of pyridine rings is 1. The van der Waals surface area contributed by atoms with Gasteiger partial charge in [0.2, 0.25) is 0 Å². The Hall–Kier alpha value is -2.41. The van der Waals surface area contributed by atoms with Crippen LogP contribution in [0.15, 0.2) is 24.7 Å². The second kappa shape index (κ2) is 7.78. The van der Waals surface area contributed by atoms with Crippen molar-refractivity contribution in [3.8, 4) is 11.3 Å². The van der Waals surface area contributed by atoms with Gasteiger partial charge in [-0.3, -0.25) is 9.97 Å². The lowest BCUT2D eigenvalue weighted by Gasteiger charge is -2.36. The smallest absolute Gasteiger partial charge is 0.410 e. The Morgan fingerprint density at radius 3 is 2.52 bits per heavy atom. The van der Waals surface area contributed by atoms with E-state index in [1.807, 2.05) is 33.0 Å². The first-order valence-corrected chi connectivity index (χ1v) is 10.4. The average molecular weight is 416 g/mol. The van der Waals surface area contributed by atoms with Crippen molar-refractivity contribution in [3.63, 3.8) is 0 Å². The van der Waals surface area contributed by atoms with Gasteiger partial charge < -0.3 is 14.5 Å². The van der Waals surface area contributed by atoms with E-state index in [1.165, 1.54) is 0 Å². The number of ether oxygens (including phenoxy) is 1. The molecule has 1 amide bonds. The Balaban J connectivity index is 1.52. The highest BCUT2D eigenvalue weighted by molar-refractivity contribution is 6.33. The minimum atomic E-state index is -0.489. The number of carbonyl (C=O) groups is 1. The number of halogens is 1. The van der Waals surface area contributed by atoms with E-state index in [4.69, 9.17) is 26.3 Å². The molecule has 3 heterocycles. The van der Waals surface area contributed by atoms with Crippen molar-refractivity contribution in [3.05, 3.63) is 35.4 Å². The fourth-order valence-corrected chi connectivity index (χ4v) is 3.62. The van der Waals surface area contributed by atoms with E-state index in [0.29, 0.717) is 37.1 Å². The first kappa shape index (κ1) is 19.9. The van der Waals surface area contributed by atoms with Gasteiger partial charge in [0.15, 0.2) is 0 Å². The molecule has 1 saturated heterocycles. The molecule has 0 unspecified atom stereocenters. The van der Waals surface area contributed by atoms with Crippen molar-refractivity contribution in [1.29, 1.82) is 0 Å². The van der Waals surface area contributed by atoms with E-state index in [2.05, 4.69) is 9.88 Å². The third-order valence-electron chi connectivity index (χ3n) is 5.04. The zero-order valence-electron chi connectivity index (χ0n) is 17.1. The second-order valence-corrected chi connectivity index (χ2v) is 8.95. The zero-order chi connectivity index (χ0) is 20.6. The summed E-state index contributed by atoms with van der Waals surface area (Å²) in [6.45, 7) is 8.18. The van der Waals surface area contributed by atoms with Crippen molar-refractivity contribution >= 4 is 23.5 Å². The maximum Gasteiger partial charge on any atom is 0.410 e. The van der Waals surface area contributed by atoms with Gasteiger partial charge in [-0.2, -0.15) is 0 Å². The van der Waals surface area contributed by atoms with Crippen molar-refractivity contribution in [2.75, 3.05) is 31.1 Å². The molecule has 1 saturated carbocycles. The molecule has 2 aliphatic rings. The first-order chi connectivity index (χ1) is 13.8. The summed E-state index contributed by atoms with van der Waals surface area (Å²) < 4.78 is 5.48. The van der Waals surface area contributed by atoms with Crippen LogP contribution in [0.2, 0.25) is 5.02 Å². The van der Waals surface area contributed by atoms with Gasteiger partial charge >= 0.3 is 6.09 Å². The fourth-order valence-electron chi connectivity index (χ4n) is 3.41. The summed E-state index contributed by atoms with van der Waals surface area (Å²) in [5.41, 5.74) is 2.23. The number of hydrogen-bond acceptors (Lipinski definition) is 6. The molecule has 0 N–H and O–H groups in total. The SMILES string of the molecule is CC(C)(C)OC(=O)N1CCN(c2cnc(C3CC3)c(-c3ccncc3Cl)n2)CC1. The van der Waals surface area contributed by atoms with Gasteiger partial charge in [0, 0.05) is 50.1 Å². The molecule has 29 heavy (non-hydrogen) atoms. The van der Waals surface area contributed by atoms with Crippen LogP contribution in [0.5, 0.6) is 0 Å². The highest BCUT2D eigenvalue weighted by atomic mass is 35.5. The predicted octanol–water partition coefficient (Wildman–Crippen LogP) is 4.13. The van der Waals surface area contributed by atoms with E-state index in [1.54, 1.807) is 17.3 Å². The zero-order valence-corrected chi connectivity index (χ0v) is 17.8. The van der Waals surface area contributed by atoms with Crippen molar-refractivity contribution in [2.45, 2.75) is 45.1 Å². The Kier molecular flexibility index (Phi) is 5.34. The summed E-state index contributed by atoms with van der Waals surface area (Å²) in [6.07, 6.45) is 7.22. The third-order valence-corrected chi connectivity index (χ3v) is 5.34. The van der Waals surface area contributed by atoms with Crippen LogP contribution in [0.1, 0.15) is 45.2 Å². The molecule has 4 rings (SSSR count). The van der Waals surface area contributed by atoms with E-state index in [0.717, 1.165) is 35.6 Å². The lowest BCUT2D eigenvalue weighted by atomic mass is 10.1. The maximum atomic E-state index is 12.3. The van der Waals surface area contributed by atoms with Crippen LogP contribution in [0.25, 0.3) is 11.3 Å². The second-order valence-electron chi connectivity index (χ2n) is 8.55. The number of nitrogens with zero attached hydrogens (tertiary/aromatic N) is 5. The number of anilines is 1. The Morgan fingerprint density at radius 1 is 1.17 bits per heavy atom. The molecule has 2 fully saturated rings. The van der Waals surface area contributed by atoms with Crippen LogP contribution in [-0.2, 0) is 4.74 Å².